The molecule has 2 aromatic heterocycles. The monoisotopic (exact) mass is 433 g/mol. The lowest BCUT2D eigenvalue weighted by Gasteiger charge is -2.21. The molecule has 0 amide bonds. The molecular weight excluding hydrogens is 410 g/mol. The topological polar surface area (TPSA) is 84.7 Å². The maximum atomic E-state index is 6.25. The van der Waals surface area contributed by atoms with E-state index >= 15 is 0 Å². The Morgan fingerprint density at radius 3 is 2.74 bits per heavy atom. The molecule has 0 spiro atoms. The van der Waals surface area contributed by atoms with Crippen molar-refractivity contribution in [3.63, 3.8) is 0 Å². The first kappa shape index (κ1) is 20.8. The minimum atomic E-state index is -0.180. The third-order valence-electron chi connectivity index (χ3n) is 4.85. The summed E-state index contributed by atoms with van der Waals surface area (Å²) in [5, 5.41) is 9.70. The third kappa shape index (κ3) is 4.22. The van der Waals surface area contributed by atoms with Gasteiger partial charge < -0.3 is 10.6 Å². The molecule has 0 aliphatic heterocycles. The van der Waals surface area contributed by atoms with Crippen LogP contribution in [0.15, 0.2) is 60.0 Å². The molecule has 0 aliphatic rings. The molecule has 0 radical (unpaired) electrons. The maximum Gasteiger partial charge on any atom is 0.257 e. The summed E-state index contributed by atoms with van der Waals surface area (Å²) in [6, 6.07) is 13.8. The largest absolute Gasteiger partial charge is 0.404 e. The van der Waals surface area contributed by atoms with Gasteiger partial charge in [-0.05, 0) is 56.7 Å². The number of aliphatic imine (C=N–C) groups is 1. The lowest BCUT2D eigenvalue weighted by atomic mass is 10.1. The Morgan fingerprint density at radius 1 is 1.19 bits per heavy atom. The molecule has 0 unspecified atom stereocenters. The highest BCUT2D eigenvalue weighted by atomic mass is 35.5. The molecule has 0 saturated heterocycles. The number of benzene rings is 2. The summed E-state index contributed by atoms with van der Waals surface area (Å²) in [6.45, 7) is 6.14. The van der Waals surface area contributed by atoms with E-state index in [1.54, 1.807) is 12.5 Å². The van der Waals surface area contributed by atoms with E-state index in [4.69, 9.17) is 22.3 Å². The highest BCUT2D eigenvalue weighted by molar-refractivity contribution is 6.31. The fourth-order valence-corrected chi connectivity index (χ4v) is 3.44. The number of nitrogens with zero attached hydrogens (tertiary/aromatic N) is 6. The molecule has 0 fully saturated rings. The number of hydrogen-bond donors (Lipinski definition) is 1. The van der Waals surface area contributed by atoms with Crippen LogP contribution in [0.3, 0.4) is 0 Å². The standard InChI is InChI=1S/C23H24ClN7/c1-23(2,3)26-13-16(12-25)15-6-5-7-18(10-15)30(4)21-19-9-8-17(24)11-20(19)31-14-27-29-22(31)28-21/h5-14H,25H2,1-4H3/b16-12-,26-13?. The average molecular weight is 434 g/mol. The van der Waals surface area contributed by atoms with Gasteiger partial charge in [-0.1, -0.05) is 23.7 Å². The van der Waals surface area contributed by atoms with Crippen molar-refractivity contribution in [2.75, 3.05) is 11.9 Å². The summed E-state index contributed by atoms with van der Waals surface area (Å²) in [5.41, 5.74) is 9.38. The zero-order chi connectivity index (χ0) is 22.2. The zero-order valence-electron chi connectivity index (χ0n) is 17.9. The number of anilines is 2. The lowest BCUT2D eigenvalue weighted by Crippen LogP contribution is -2.13. The Bertz CT molecular complexity index is 1310. The molecule has 2 heterocycles. The van der Waals surface area contributed by atoms with Gasteiger partial charge in [0.1, 0.15) is 12.1 Å². The van der Waals surface area contributed by atoms with Crippen LogP contribution in [0.1, 0.15) is 26.3 Å². The first-order chi connectivity index (χ1) is 14.8. The number of aromatic nitrogens is 4. The van der Waals surface area contributed by atoms with Gasteiger partial charge in [-0.15, -0.1) is 10.2 Å². The highest BCUT2D eigenvalue weighted by Gasteiger charge is 2.16. The smallest absolute Gasteiger partial charge is 0.257 e. The van der Waals surface area contributed by atoms with Gasteiger partial charge in [-0.3, -0.25) is 9.39 Å². The molecule has 31 heavy (non-hydrogen) atoms. The van der Waals surface area contributed by atoms with Crippen LogP contribution in [-0.2, 0) is 0 Å². The van der Waals surface area contributed by atoms with Crippen molar-refractivity contribution in [3.05, 3.63) is 65.6 Å². The fourth-order valence-electron chi connectivity index (χ4n) is 3.27. The molecule has 7 nitrogen and oxygen atoms in total. The first-order valence-corrected chi connectivity index (χ1v) is 10.2. The minimum absolute atomic E-state index is 0.180. The van der Waals surface area contributed by atoms with Crippen molar-refractivity contribution >= 4 is 51.6 Å². The normalized spacial score (nSPS) is 12.9. The second kappa shape index (κ2) is 8.00. The van der Waals surface area contributed by atoms with Crippen LogP contribution in [0.4, 0.5) is 11.5 Å². The lowest BCUT2D eigenvalue weighted by molar-refractivity contribution is 0.587. The number of fused-ring (bicyclic) bond motifs is 3. The number of rotatable bonds is 4. The summed E-state index contributed by atoms with van der Waals surface area (Å²) < 4.78 is 1.83. The number of nitrogens with two attached hydrogens (primary N) is 1. The van der Waals surface area contributed by atoms with Crippen LogP contribution < -0.4 is 10.6 Å². The molecule has 2 aromatic carbocycles. The average Bonchev–Trinajstić information content (AvgIpc) is 3.21. The fraction of sp³-hybridized carbons (Fsp3) is 0.217. The van der Waals surface area contributed by atoms with Crippen molar-refractivity contribution in [2.45, 2.75) is 26.3 Å². The molecule has 0 atom stereocenters. The van der Waals surface area contributed by atoms with Crippen molar-refractivity contribution in [1.29, 1.82) is 0 Å². The summed E-state index contributed by atoms with van der Waals surface area (Å²) in [6.07, 6.45) is 5.03. The second-order valence-electron chi connectivity index (χ2n) is 8.26. The van der Waals surface area contributed by atoms with E-state index in [9.17, 15) is 0 Å². The predicted molar refractivity (Wildman–Crippen MR) is 128 cm³/mol. The minimum Gasteiger partial charge on any atom is -0.404 e. The zero-order valence-corrected chi connectivity index (χ0v) is 18.7. The van der Waals surface area contributed by atoms with Gasteiger partial charge in [0.2, 0.25) is 0 Å². The molecule has 158 valence electrons. The number of halogens is 1. The van der Waals surface area contributed by atoms with Gasteiger partial charge >= 0.3 is 0 Å². The molecule has 0 saturated carbocycles. The van der Waals surface area contributed by atoms with Crippen LogP contribution >= 0.6 is 11.6 Å². The van der Waals surface area contributed by atoms with Gasteiger partial charge in [-0.25, -0.2) is 0 Å². The summed E-state index contributed by atoms with van der Waals surface area (Å²) in [5.74, 6) is 1.26. The SMILES string of the molecule is CN(c1cccc(/C(C=NC(C)(C)C)=C\N)c1)c1nc2nncn2c2cc(Cl)ccc12. The van der Waals surface area contributed by atoms with E-state index in [0.29, 0.717) is 10.8 Å². The number of hydrogen-bond acceptors (Lipinski definition) is 6. The van der Waals surface area contributed by atoms with E-state index in [2.05, 4.69) is 21.3 Å². The van der Waals surface area contributed by atoms with Gasteiger partial charge in [-0.2, -0.15) is 4.98 Å². The van der Waals surface area contributed by atoms with Gasteiger partial charge in [0.25, 0.3) is 5.78 Å². The molecule has 2 N–H and O–H groups in total. The van der Waals surface area contributed by atoms with Crippen LogP contribution in [0.5, 0.6) is 0 Å². The molecule has 4 aromatic rings. The van der Waals surface area contributed by atoms with E-state index in [1.165, 1.54) is 0 Å². The molecule has 0 bridgehead atoms. The Hall–Kier alpha value is -3.45. The maximum absolute atomic E-state index is 6.25. The van der Waals surface area contributed by atoms with Crippen LogP contribution in [0.2, 0.25) is 5.02 Å². The predicted octanol–water partition coefficient (Wildman–Crippen LogP) is 4.87. The molecule has 4 rings (SSSR count). The quantitative estimate of drug-likeness (QED) is 0.464. The van der Waals surface area contributed by atoms with E-state index < -0.39 is 0 Å². The summed E-state index contributed by atoms with van der Waals surface area (Å²) in [7, 11) is 1.97. The third-order valence-corrected chi connectivity index (χ3v) is 5.09. The Balaban J connectivity index is 1.80. The van der Waals surface area contributed by atoms with Crippen LogP contribution in [0.25, 0.3) is 22.3 Å². The van der Waals surface area contributed by atoms with E-state index in [-0.39, 0.29) is 5.54 Å². The summed E-state index contributed by atoms with van der Waals surface area (Å²) in [4.78, 5) is 11.3. The number of allylic oxidation sites excluding steroid dienone is 1. The van der Waals surface area contributed by atoms with Crippen molar-refractivity contribution in [3.8, 4) is 0 Å². The Morgan fingerprint density at radius 2 is 2.00 bits per heavy atom. The van der Waals surface area contributed by atoms with Crippen LogP contribution in [-0.4, -0.2) is 38.4 Å². The van der Waals surface area contributed by atoms with Gasteiger partial charge in [0.05, 0.1) is 11.1 Å². The summed E-state index contributed by atoms with van der Waals surface area (Å²) >= 11 is 6.25. The van der Waals surface area contributed by atoms with Crippen molar-refractivity contribution in [2.24, 2.45) is 10.7 Å². The molecule has 0 aliphatic carbocycles. The first-order valence-electron chi connectivity index (χ1n) is 9.87. The van der Waals surface area contributed by atoms with Crippen molar-refractivity contribution < 1.29 is 0 Å². The van der Waals surface area contributed by atoms with Gasteiger partial charge in [0, 0.05) is 41.1 Å². The van der Waals surface area contributed by atoms with Crippen LogP contribution in [0, 0.1) is 0 Å². The van der Waals surface area contributed by atoms with Crippen molar-refractivity contribution in [1.82, 2.24) is 19.6 Å². The highest BCUT2D eigenvalue weighted by Crippen LogP contribution is 2.32. The second-order valence-corrected chi connectivity index (χ2v) is 8.69. The van der Waals surface area contributed by atoms with E-state index in [0.717, 1.165) is 33.5 Å². The molecule has 8 heteroatoms. The van der Waals surface area contributed by atoms with Gasteiger partial charge in [0.15, 0.2) is 0 Å². The Labute approximate surface area is 185 Å². The van der Waals surface area contributed by atoms with E-state index in [1.807, 2.05) is 79.7 Å². The molecular formula is C23H24ClN7. The Kier molecular flexibility index (Phi) is 5.37.